The molecule has 2 aromatic heterocycles. The van der Waals surface area contributed by atoms with Gasteiger partial charge in [0, 0.05) is 25.1 Å². The van der Waals surface area contributed by atoms with Crippen LogP contribution in [0.5, 0.6) is 0 Å². The van der Waals surface area contributed by atoms with Crippen molar-refractivity contribution in [1.82, 2.24) is 4.90 Å². The van der Waals surface area contributed by atoms with Crippen molar-refractivity contribution in [2.75, 3.05) is 13.7 Å². The minimum absolute atomic E-state index is 0.0884. The quantitative estimate of drug-likeness (QED) is 0.856. The number of nitrogens with zero attached hydrogens (tertiary/aromatic N) is 1. The summed E-state index contributed by atoms with van der Waals surface area (Å²) in [5.41, 5.74) is 1.18. The van der Waals surface area contributed by atoms with E-state index < -0.39 is 0 Å². The first-order valence-electron chi connectivity index (χ1n) is 6.72. The molecule has 1 aliphatic heterocycles. The van der Waals surface area contributed by atoms with Crippen LogP contribution in [0.2, 0.25) is 0 Å². The van der Waals surface area contributed by atoms with Crippen molar-refractivity contribution in [2.24, 2.45) is 0 Å². The molecule has 1 aliphatic rings. The minimum atomic E-state index is 0.0884. The van der Waals surface area contributed by atoms with Crippen molar-refractivity contribution in [3.63, 3.8) is 0 Å². The van der Waals surface area contributed by atoms with Crippen LogP contribution in [0.25, 0.3) is 0 Å². The molecule has 0 aliphatic carbocycles. The van der Waals surface area contributed by atoms with Gasteiger partial charge in [-0.05, 0) is 47.4 Å². The van der Waals surface area contributed by atoms with Crippen LogP contribution in [0.1, 0.15) is 39.1 Å². The predicted octanol–water partition coefficient (Wildman–Crippen LogP) is 3.93. The number of carbonyl (C=O) groups excluding carboxylic acids is 1. The smallest absolute Gasteiger partial charge is 0.263 e. The van der Waals surface area contributed by atoms with E-state index in [-0.39, 0.29) is 12.0 Å². The summed E-state index contributed by atoms with van der Waals surface area (Å²) in [7, 11) is 1.85. The molecule has 1 fully saturated rings. The van der Waals surface area contributed by atoms with Crippen molar-refractivity contribution >= 4 is 28.6 Å². The molecular formula is C15H17NO2S2. The molecule has 0 N–H and O–H groups in total. The lowest BCUT2D eigenvalue weighted by atomic mass is 10.2. The van der Waals surface area contributed by atoms with Gasteiger partial charge in [0.25, 0.3) is 5.91 Å². The van der Waals surface area contributed by atoms with E-state index in [0.29, 0.717) is 6.54 Å². The third-order valence-electron chi connectivity index (χ3n) is 3.43. The second-order valence-electron chi connectivity index (χ2n) is 5.00. The van der Waals surface area contributed by atoms with E-state index >= 15 is 0 Å². The fourth-order valence-corrected chi connectivity index (χ4v) is 4.11. The number of ether oxygens (including phenoxy) is 1. The monoisotopic (exact) mass is 307 g/mol. The molecule has 106 valence electrons. The molecule has 2 aromatic rings. The average molecular weight is 307 g/mol. The zero-order valence-electron chi connectivity index (χ0n) is 11.4. The molecule has 1 atom stereocenters. The van der Waals surface area contributed by atoms with E-state index in [1.807, 2.05) is 24.6 Å². The van der Waals surface area contributed by atoms with Crippen LogP contribution in [0.15, 0.2) is 29.0 Å². The van der Waals surface area contributed by atoms with Crippen molar-refractivity contribution < 1.29 is 9.53 Å². The van der Waals surface area contributed by atoms with Crippen molar-refractivity contribution in [1.29, 1.82) is 0 Å². The summed E-state index contributed by atoms with van der Waals surface area (Å²) in [6, 6.07) is 6.01. The van der Waals surface area contributed by atoms with Gasteiger partial charge in [0.15, 0.2) is 0 Å². The Balaban J connectivity index is 1.67. The van der Waals surface area contributed by atoms with Crippen LogP contribution in [0.4, 0.5) is 0 Å². The Morgan fingerprint density at radius 1 is 1.45 bits per heavy atom. The summed E-state index contributed by atoms with van der Waals surface area (Å²) < 4.78 is 5.66. The molecule has 1 saturated heterocycles. The molecule has 0 unspecified atom stereocenters. The van der Waals surface area contributed by atoms with Gasteiger partial charge in [0.1, 0.15) is 0 Å². The summed E-state index contributed by atoms with van der Waals surface area (Å²) in [5.74, 6) is 0.0884. The van der Waals surface area contributed by atoms with Crippen LogP contribution in [0.3, 0.4) is 0 Å². The van der Waals surface area contributed by atoms with Gasteiger partial charge in [-0.15, -0.1) is 11.3 Å². The Bertz CT molecular complexity index is 570. The first-order chi connectivity index (χ1) is 9.74. The summed E-state index contributed by atoms with van der Waals surface area (Å²) in [5, 5.41) is 4.12. The first-order valence-corrected chi connectivity index (χ1v) is 8.48. The molecule has 0 saturated carbocycles. The molecule has 0 aromatic carbocycles. The molecular weight excluding hydrogens is 290 g/mol. The van der Waals surface area contributed by atoms with Gasteiger partial charge in [0.2, 0.25) is 0 Å². The zero-order chi connectivity index (χ0) is 13.9. The fraction of sp³-hybridized carbons (Fsp3) is 0.400. The third-order valence-corrected chi connectivity index (χ3v) is 5.33. The summed E-state index contributed by atoms with van der Waals surface area (Å²) >= 11 is 3.22. The lowest BCUT2D eigenvalue weighted by Crippen LogP contribution is -2.25. The highest BCUT2D eigenvalue weighted by molar-refractivity contribution is 7.14. The molecule has 1 amide bonds. The lowest BCUT2D eigenvalue weighted by molar-refractivity contribution is 0.0790. The van der Waals surface area contributed by atoms with Gasteiger partial charge >= 0.3 is 0 Å². The Hall–Kier alpha value is -1.17. The third kappa shape index (κ3) is 2.95. The summed E-state index contributed by atoms with van der Waals surface area (Å²) in [4.78, 5) is 16.1. The molecule has 3 rings (SSSR count). The summed E-state index contributed by atoms with van der Waals surface area (Å²) in [6.07, 6.45) is 2.38. The van der Waals surface area contributed by atoms with Crippen LogP contribution in [-0.4, -0.2) is 24.5 Å². The molecule has 0 bridgehead atoms. The molecule has 0 radical (unpaired) electrons. The maximum Gasteiger partial charge on any atom is 0.263 e. The average Bonchev–Trinajstić information content (AvgIpc) is 3.18. The highest BCUT2D eigenvalue weighted by atomic mass is 32.1. The molecule has 3 nitrogen and oxygen atoms in total. The molecule has 20 heavy (non-hydrogen) atoms. The second kappa shape index (κ2) is 6.08. The number of carbonyl (C=O) groups is 1. The van der Waals surface area contributed by atoms with Crippen LogP contribution >= 0.6 is 22.7 Å². The topological polar surface area (TPSA) is 29.5 Å². The number of thiophene rings is 2. The zero-order valence-corrected chi connectivity index (χ0v) is 13.0. The predicted molar refractivity (Wildman–Crippen MR) is 82.4 cm³/mol. The number of rotatable bonds is 4. The lowest BCUT2D eigenvalue weighted by Gasteiger charge is -2.15. The van der Waals surface area contributed by atoms with Gasteiger partial charge in [-0.2, -0.15) is 11.3 Å². The van der Waals surface area contributed by atoms with Gasteiger partial charge in [-0.25, -0.2) is 0 Å². The highest BCUT2D eigenvalue weighted by Crippen LogP contribution is 2.33. The standard InChI is InChI=1S/C15H17NO2S2/c1-16(9-11-6-8-19-10-11)15(17)14-5-4-13(20-14)12-3-2-7-18-12/h4-6,8,10,12H,2-3,7,9H2,1H3/t12-/m1/s1. The van der Waals surface area contributed by atoms with Gasteiger partial charge < -0.3 is 9.64 Å². The van der Waals surface area contributed by atoms with E-state index in [0.717, 1.165) is 24.3 Å². The molecule has 0 spiro atoms. The van der Waals surface area contributed by atoms with E-state index in [2.05, 4.69) is 11.4 Å². The number of hydrogen-bond acceptors (Lipinski definition) is 4. The van der Waals surface area contributed by atoms with Gasteiger partial charge in [-0.3, -0.25) is 4.79 Å². The Morgan fingerprint density at radius 3 is 3.05 bits per heavy atom. The van der Waals surface area contributed by atoms with Crippen LogP contribution in [-0.2, 0) is 11.3 Å². The van der Waals surface area contributed by atoms with Crippen molar-refractivity contribution in [3.05, 3.63) is 44.3 Å². The first kappa shape index (κ1) is 13.8. The largest absolute Gasteiger partial charge is 0.373 e. The Labute approximate surface area is 126 Å². The Kier molecular flexibility index (Phi) is 4.19. The fourth-order valence-electron chi connectivity index (χ4n) is 2.36. The van der Waals surface area contributed by atoms with Gasteiger partial charge in [-0.1, -0.05) is 0 Å². The van der Waals surface area contributed by atoms with Crippen LogP contribution < -0.4 is 0 Å². The number of amides is 1. The SMILES string of the molecule is CN(Cc1ccsc1)C(=O)c1ccc([C@H]2CCCO2)s1. The highest BCUT2D eigenvalue weighted by Gasteiger charge is 2.22. The van der Waals surface area contributed by atoms with Crippen LogP contribution in [0, 0.1) is 0 Å². The van der Waals surface area contributed by atoms with E-state index in [4.69, 9.17) is 4.74 Å². The maximum atomic E-state index is 12.4. The Morgan fingerprint density at radius 2 is 2.35 bits per heavy atom. The normalized spacial score (nSPS) is 18.4. The van der Waals surface area contributed by atoms with E-state index in [1.54, 1.807) is 27.6 Å². The summed E-state index contributed by atoms with van der Waals surface area (Å²) in [6.45, 7) is 1.50. The van der Waals surface area contributed by atoms with Crippen molar-refractivity contribution in [3.8, 4) is 0 Å². The van der Waals surface area contributed by atoms with Crippen molar-refractivity contribution in [2.45, 2.75) is 25.5 Å². The van der Waals surface area contributed by atoms with E-state index in [9.17, 15) is 4.79 Å². The molecule has 5 heteroatoms. The second-order valence-corrected chi connectivity index (χ2v) is 6.89. The minimum Gasteiger partial charge on any atom is -0.373 e. The van der Waals surface area contributed by atoms with E-state index in [1.165, 1.54) is 10.4 Å². The van der Waals surface area contributed by atoms with Gasteiger partial charge in [0.05, 0.1) is 11.0 Å². The molecule has 3 heterocycles. The maximum absolute atomic E-state index is 12.4. The number of hydrogen-bond donors (Lipinski definition) is 0.